The van der Waals surface area contributed by atoms with E-state index >= 15 is 0 Å². The van der Waals surface area contributed by atoms with Gasteiger partial charge < -0.3 is 0 Å². The van der Waals surface area contributed by atoms with E-state index < -0.39 is 0 Å². The minimum Gasteiger partial charge on any atom is -0.194 e. The molecule has 0 spiro atoms. The molecule has 2 aromatic carbocycles. The molecule has 1 nitrogen and oxygen atoms in total. The van der Waals surface area contributed by atoms with Gasteiger partial charge in [0.15, 0.2) is 0 Å². The molecule has 0 aliphatic rings. The van der Waals surface area contributed by atoms with E-state index in [0.717, 1.165) is 15.6 Å². The van der Waals surface area contributed by atoms with Gasteiger partial charge in [0.25, 0.3) is 0 Å². The summed E-state index contributed by atoms with van der Waals surface area (Å²) in [6, 6.07) is 11.0. The summed E-state index contributed by atoms with van der Waals surface area (Å²) in [4.78, 5) is 4.05. The standard InChI is InChI=1S/C13H6BrCl2NS/c14-8-1-3-11(13(5-8)17-7-18)10-4-2-9(15)6-12(10)16/h1-6H. The first kappa shape index (κ1) is 13.7. The monoisotopic (exact) mass is 357 g/mol. The Labute approximate surface area is 129 Å². The largest absolute Gasteiger partial charge is 0.194 e. The number of aliphatic imine (C=N–C) groups is 1. The molecule has 5 heteroatoms. The average Bonchev–Trinajstić information content (AvgIpc) is 2.31. The van der Waals surface area contributed by atoms with E-state index in [2.05, 4.69) is 38.3 Å². The highest BCUT2D eigenvalue weighted by Crippen LogP contribution is 2.37. The van der Waals surface area contributed by atoms with Gasteiger partial charge in [-0.2, -0.15) is 4.99 Å². The maximum absolute atomic E-state index is 6.19. The normalized spacial score (nSPS) is 9.94. The van der Waals surface area contributed by atoms with Gasteiger partial charge in [0.1, 0.15) is 0 Å². The predicted molar refractivity (Wildman–Crippen MR) is 84.3 cm³/mol. The van der Waals surface area contributed by atoms with Crippen LogP contribution in [0.15, 0.2) is 45.9 Å². The third-order valence-electron chi connectivity index (χ3n) is 2.35. The molecule has 90 valence electrons. The molecule has 0 atom stereocenters. The second kappa shape index (κ2) is 5.96. The quantitative estimate of drug-likeness (QED) is 0.462. The molecule has 0 amide bonds. The van der Waals surface area contributed by atoms with Gasteiger partial charge in [-0.3, -0.25) is 0 Å². The lowest BCUT2D eigenvalue weighted by Gasteiger charge is -2.08. The molecule has 0 heterocycles. The molecular weight excluding hydrogens is 353 g/mol. The van der Waals surface area contributed by atoms with Crippen molar-refractivity contribution in [1.82, 2.24) is 0 Å². The average molecular weight is 359 g/mol. The molecule has 2 aromatic rings. The highest BCUT2D eigenvalue weighted by Gasteiger charge is 2.09. The van der Waals surface area contributed by atoms with Crippen LogP contribution in [0.4, 0.5) is 5.69 Å². The lowest BCUT2D eigenvalue weighted by molar-refractivity contribution is 1.51. The Bertz CT molecular complexity index is 651. The molecule has 0 aliphatic carbocycles. The Hall–Kier alpha value is -0.700. The second-order valence-corrected chi connectivity index (χ2v) is 5.43. The highest BCUT2D eigenvalue weighted by atomic mass is 79.9. The number of thiocarbonyl (C=S) groups is 1. The van der Waals surface area contributed by atoms with E-state index in [-0.39, 0.29) is 0 Å². The van der Waals surface area contributed by atoms with Crippen LogP contribution >= 0.6 is 51.3 Å². The summed E-state index contributed by atoms with van der Waals surface area (Å²) in [7, 11) is 0. The smallest absolute Gasteiger partial charge is 0.0829 e. The van der Waals surface area contributed by atoms with E-state index in [0.29, 0.717) is 15.7 Å². The van der Waals surface area contributed by atoms with Gasteiger partial charge >= 0.3 is 0 Å². The summed E-state index contributed by atoms with van der Waals surface area (Å²) in [5.74, 6) is 0. The summed E-state index contributed by atoms with van der Waals surface area (Å²) in [5.41, 5.74) is 2.46. The molecule has 0 N–H and O–H groups in total. The maximum Gasteiger partial charge on any atom is 0.0829 e. The fourth-order valence-electron chi connectivity index (χ4n) is 1.58. The van der Waals surface area contributed by atoms with Gasteiger partial charge in [0.2, 0.25) is 0 Å². The van der Waals surface area contributed by atoms with Gasteiger partial charge in [-0.05, 0) is 36.5 Å². The third-order valence-corrected chi connectivity index (χ3v) is 3.48. The summed E-state index contributed by atoms with van der Waals surface area (Å²) in [5, 5.41) is 3.54. The summed E-state index contributed by atoms with van der Waals surface area (Å²) < 4.78 is 0.917. The van der Waals surface area contributed by atoms with Gasteiger partial charge in [0, 0.05) is 25.6 Å². The zero-order chi connectivity index (χ0) is 13.1. The van der Waals surface area contributed by atoms with Crippen molar-refractivity contribution < 1.29 is 0 Å². The Morgan fingerprint density at radius 3 is 2.44 bits per heavy atom. The molecule has 2 rings (SSSR count). The molecule has 0 unspecified atom stereocenters. The first-order valence-corrected chi connectivity index (χ1v) is 6.90. The number of hydrogen-bond acceptors (Lipinski definition) is 2. The lowest BCUT2D eigenvalue weighted by Crippen LogP contribution is -1.81. The number of hydrogen-bond donors (Lipinski definition) is 0. The van der Waals surface area contributed by atoms with Gasteiger partial charge in [-0.1, -0.05) is 51.3 Å². The zero-order valence-corrected chi connectivity index (χ0v) is 12.9. The van der Waals surface area contributed by atoms with Crippen molar-refractivity contribution in [3.63, 3.8) is 0 Å². The first-order chi connectivity index (χ1) is 8.61. The third kappa shape index (κ3) is 3.00. The number of nitrogens with zero attached hydrogens (tertiary/aromatic N) is 1. The van der Waals surface area contributed by atoms with Crippen molar-refractivity contribution in [2.75, 3.05) is 0 Å². The number of rotatable bonds is 2. The SMILES string of the molecule is S=C=Nc1cc(Br)ccc1-c1ccc(Cl)cc1Cl. The van der Waals surface area contributed by atoms with Crippen LogP contribution in [0.3, 0.4) is 0 Å². The summed E-state index contributed by atoms with van der Waals surface area (Å²) in [6.07, 6.45) is 0. The fourth-order valence-corrected chi connectivity index (χ4v) is 2.54. The Kier molecular flexibility index (Phi) is 4.55. The maximum atomic E-state index is 6.19. The number of benzene rings is 2. The molecule has 0 aliphatic heterocycles. The van der Waals surface area contributed by atoms with Crippen molar-refractivity contribution in [3.8, 4) is 11.1 Å². The van der Waals surface area contributed by atoms with Crippen molar-refractivity contribution in [3.05, 3.63) is 50.9 Å². The van der Waals surface area contributed by atoms with Crippen molar-refractivity contribution >= 4 is 62.2 Å². The molecule has 18 heavy (non-hydrogen) atoms. The molecular formula is C13H6BrCl2NS. The van der Waals surface area contributed by atoms with E-state index in [1.807, 2.05) is 24.3 Å². The van der Waals surface area contributed by atoms with Crippen LogP contribution in [0.25, 0.3) is 11.1 Å². The van der Waals surface area contributed by atoms with Gasteiger partial charge in [-0.25, -0.2) is 0 Å². The van der Waals surface area contributed by atoms with E-state index in [9.17, 15) is 0 Å². The Morgan fingerprint density at radius 1 is 1.06 bits per heavy atom. The predicted octanol–water partition coefficient (Wildman–Crippen LogP) is 6.16. The molecule has 0 saturated carbocycles. The van der Waals surface area contributed by atoms with Crippen LogP contribution < -0.4 is 0 Å². The van der Waals surface area contributed by atoms with Crippen LogP contribution in [0.1, 0.15) is 0 Å². The van der Waals surface area contributed by atoms with Crippen LogP contribution in [-0.2, 0) is 0 Å². The van der Waals surface area contributed by atoms with Crippen molar-refractivity contribution in [2.45, 2.75) is 0 Å². The van der Waals surface area contributed by atoms with Crippen LogP contribution in [0.5, 0.6) is 0 Å². The Morgan fingerprint density at radius 2 is 1.78 bits per heavy atom. The second-order valence-electron chi connectivity index (χ2n) is 3.49. The van der Waals surface area contributed by atoms with Gasteiger partial charge in [-0.15, -0.1) is 0 Å². The van der Waals surface area contributed by atoms with E-state index in [1.165, 1.54) is 0 Å². The molecule has 0 fully saturated rings. The minimum atomic E-state index is 0.575. The lowest BCUT2D eigenvalue weighted by atomic mass is 10.0. The molecule has 0 bridgehead atoms. The van der Waals surface area contributed by atoms with Crippen molar-refractivity contribution in [1.29, 1.82) is 0 Å². The van der Waals surface area contributed by atoms with Gasteiger partial charge in [0.05, 0.1) is 10.8 Å². The van der Waals surface area contributed by atoms with Crippen molar-refractivity contribution in [2.24, 2.45) is 4.99 Å². The van der Waals surface area contributed by atoms with Crippen LogP contribution in [0, 0.1) is 0 Å². The molecule has 0 radical (unpaired) electrons. The highest BCUT2D eigenvalue weighted by molar-refractivity contribution is 9.10. The number of isothiocyanates is 1. The summed E-state index contributed by atoms with van der Waals surface area (Å²) >= 11 is 20.1. The molecule has 0 saturated heterocycles. The fraction of sp³-hybridized carbons (Fsp3) is 0. The van der Waals surface area contributed by atoms with E-state index in [4.69, 9.17) is 23.2 Å². The zero-order valence-electron chi connectivity index (χ0n) is 8.95. The Balaban J connectivity index is 2.66. The van der Waals surface area contributed by atoms with Crippen LogP contribution in [0.2, 0.25) is 10.0 Å². The minimum absolute atomic E-state index is 0.575. The van der Waals surface area contributed by atoms with Crippen LogP contribution in [-0.4, -0.2) is 5.16 Å². The van der Waals surface area contributed by atoms with E-state index in [1.54, 1.807) is 12.1 Å². The number of halogens is 3. The first-order valence-electron chi connectivity index (χ1n) is 4.94. The summed E-state index contributed by atoms with van der Waals surface area (Å²) in [6.45, 7) is 0. The topological polar surface area (TPSA) is 12.4 Å². The molecule has 0 aromatic heterocycles.